The molecule has 1 heterocycles. The second-order valence-electron chi connectivity index (χ2n) is 3.50. The summed E-state index contributed by atoms with van der Waals surface area (Å²) in [6.45, 7) is 2.66. The van der Waals surface area contributed by atoms with E-state index in [0.29, 0.717) is 12.3 Å². The van der Waals surface area contributed by atoms with Crippen LogP contribution in [0.25, 0.3) is 0 Å². The molecule has 104 valence electrons. The molecule has 1 rings (SSSR count). The van der Waals surface area contributed by atoms with Crippen molar-refractivity contribution in [2.75, 3.05) is 18.1 Å². The van der Waals surface area contributed by atoms with Crippen LogP contribution in [0.1, 0.15) is 19.1 Å². The summed E-state index contributed by atoms with van der Waals surface area (Å²) in [5.74, 6) is 2.42. The third-order valence-electron chi connectivity index (χ3n) is 2.16. The number of nitrogens with one attached hydrogen (secondary N) is 1. The number of hydrogen-bond donors (Lipinski definition) is 2. The van der Waals surface area contributed by atoms with Gasteiger partial charge in [-0.05, 0) is 33.9 Å². The first-order valence-corrected chi connectivity index (χ1v) is 9.00. The third-order valence-corrected chi connectivity index (χ3v) is 5.46. The largest absolute Gasteiger partial charge is 0.452 e. The summed E-state index contributed by atoms with van der Waals surface area (Å²) in [4.78, 5) is 0.103. The van der Waals surface area contributed by atoms with Crippen LogP contribution in [0.4, 0.5) is 0 Å². The lowest BCUT2D eigenvalue weighted by Gasteiger charge is -2.04. The van der Waals surface area contributed by atoms with Gasteiger partial charge in [0.2, 0.25) is 10.0 Å². The molecule has 0 aliphatic heterocycles. The lowest BCUT2D eigenvalue weighted by molar-refractivity contribution is 0.483. The molecule has 0 fully saturated rings. The molecular formula is C10H17BrN2O3S2. The summed E-state index contributed by atoms with van der Waals surface area (Å²) >= 11 is 4.87. The first kappa shape index (κ1) is 16.0. The highest BCUT2D eigenvalue weighted by atomic mass is 79.9. The lowest BCUT2D eigenvalue weighted by Crippen LogP contribution is -2.25. The van der Waals surface area contributed by atoms with Crippen molar-refractivity contribution >= 4 is 37.7 Å². The van der Waals surface area contributed by atoms with Crippen LogP contribution in [0.5, 0.6) is 0 Å². The Morgan fingerprint density at radius 2 is 2.28 bits per heavy atom. The number of nitrogens with two attached hydrogens (primary N) is 1. The maximum Gasteiger partial charge on any atom is 0.244 e. The van der Waals surface area contributed by atoms with Gasteiger partial charge >= 0.3 is 0 Å². The number of hydrogen-bond acceptors (Lipinski definition) is 5. The molecule has 5 nitrogen and oxygen atoms in total. The van der Waals surface area contributed by atoms with Crippen molar-refractivity contribution in [2.45, 2.75) is 24.8 Å². The van der Waals surface area contributed by atoms with Gasteiger partial charge in [-0.15, -0.1) is 0 Å². The van der Waals surface area contributed by atoms with Crippen LogP contribution in [-0.2, 0) is 16.6 Å². The lowest BCUT2D eigenvalue weighted by atomic mass is 10.5. The maximum atomic E-state index is 12.0. The summed E-state index contributed by atoms with van der Waals surface area (Å²) in [6.07, 6.45) is 0.803. The van der Waals surface area contributed by atoms with Gasteiger partial charge in [0, 0.05) is 12.6 Å². The Morgan fingerprint density at radius 3 is 2.83 bits per heavy atom. The van der Waals surface area contributed by atoms with Crippen molar-refractivity contribution in [3.63, 3.8) is 0 Å². The van der Waals surface area contributed by atoms with E-state index in [4.69, 9.17) is 10.2 Å². The first-order chi connectivity index (χ1) is 8.51. The standard InChI is InChI=1S/C10H17BrN2O3S2/c1-2-17-5-3-4-13-18(14,15)9-6-8(7-12)16-10(9)11/h6,13H,2-5,7,12H2,1H3. The highest BCUT2D eigenvalue weighted by Crippen LogP contribution is 2.25. The van der Waals surface area contributed by atoms with Gasteiger partial charge in [0.05, 0.1) is 6.54 Å². The second-order valence-corrected chi connectivity index (χ2v) is 7.35. The van der Waals surface area contributed by atoms with Crippen LogP contribution in [0, 0.1) is 0 Å². The van der Waals surface area contributed by atoms with E-state index in [1.807, 2.05) is 0 Å². The molecule has 0 atom stereocenters. The van der Waals surface area contributed by atoms with E-state index in [1.54, 1.807) is 11.8 Å². The molecule has 3 N–H and O–H groups in total. The molecule has 0 saturated carbocycles. The Labute approximate surface area is 120 Å². The SMILES string of the molecule is CCSCCCNS(=O)(=O)c1cc(CN)oc1Br. The minimum atomic E-state index is -3.52. The molecule has 0 bridgehead atoms. The Balaban J connectivity index is 2.60. The average molecular weight is 357 g/mol. The van der Waals surface area contributed by atoms with Crippen molar-refractivity contribution < 1.29 is 12.8 Å². The van der Waals surface area contributed by atoms with Crippen molar-refractivity contribution in [1.82, 2.24) is 4.72 Å². The van der Waals surface area contributed by atoms with Crippen LogP contribution in [-0.4, -0.2) is 26.5 Å². The molecule has 1 aromatic rings. The highest BCUT2D eigenvalue weighted by molar-refractivity contribution is 9.10. The van der Waals surface area contributed by atoms with Crippen LogP contribution in [0.15, 0.2) is 20.0 Å². The van der Waals surface area contributed by atoms with Gasteiger partial charge in [-0.2, -0.15) is 11.8 Å². The highest BCUT2D eigenvalue weighted by Gasteiger charge is 2.21. The fourth-order valence-electron chi connectivity index (χ4n) is 1.28. The van der Waals surface area contributed by atoms with Gasteiger partial charge in [0.25, 0.3) is 0 Å². The molecule has 0 aromatic carbocycles. The number of furan rings is 1. The maximum absolute atomic E-state index is 12.0. The van der Waals surface area contributed by atoms with E-state index in [-0.39, 0.29) is 16.1 Å². The Morgan fingerprint density at radius 1 is 1.56 bits per heavy atom. The smallest absolute Gasteiger partial charge is 0.244 e. The number of thioether (sulfide) groups is 1. The molecule has 0 saturated heterocycles. The predicted molar refractivity (Wildman–Crippen MR) is 77.1 cm³/mol. The molecule has 0 radical (unpaired) electrons. The molecule has 0 unspecified atom stereocenters. The van der Waals surface area contributed by atoms with E-state index in [9.17, 15) is 8.42 Å². The fraction of sp³-hybridized carbons (Fsp3) is 0.600. The Kier molecular flexibility index (Phi) is 6.72. The van der Waals surface area contributed by atoms with Crippen molar-refractivity contribution in [3.05, 3.63) is 16.5 Å². The molecule has 0 amide bonds. The molecule has 8 heteroatoms. The molecule has 1 aromatic heterocycles. The van der Waals surface area contributed by atoms with Gasteiger partial charge in [0.1, 0.15) is 10.7 Å². The van der Waals surface area contributed by atoms with Gasteiger partial charge in [0.15, 0.2) is 4.67 Å². The van der Waals surface area contributed by atoms with Crippen LogP contribution in [0.3, 0.4) is 0 Å². The van der Waals surface area contributed by atoms with Gasteiger partial charge < -0.3 is 10.2 Å². The van der Waals surface area contributed by atoms with Crippen LogP contribution < -0.4 is 10.5 Å². The monoisotopic (exact) mass is 356 g/mol. The summed E-state index contributed by atoms with van der Waals surface area (Å²) in [5, 5.41) is 0. The molecule has 18 heavy (non-hydrogen) atoms. The number of sulfonamides is 1. The topological polar surface area (TPSA) is 85.3 Å². The summed E-state index contributed by atoms with van der Waals surface area (Å²) < 4.78 is 31.8. The Hall–Kier alpha value is -0.0200. The average Bonchev–Trinajstić information content (AvgIpc) is 2.71. The summed E-state index contributed by atoms with van der Waals surface area (Å²) in [6, 6.07) is 1.44. The van der Waals surface area contributed by atoms with Gasteiger partial charge in [-0.25, -0.2) is 13.1 Å². The zero-order valence-electron chi connectivity index (χ0n) is 10.1. The fourth-order valence-corrected chi connectivity index (χ4v) is 3.99. The van der Waals surface area contributed by atoms with Gasteiger partial charge in [-0.3, -0.25) is 0 Å². The summed E-state index contributed by atoms with van der Waals surface area (Å²) in [5.41, 5.74) is 5.40. The van der Waals surface area contributed by atoms with E-state index in [0.717, 1.165) is 17.9 Å². The van der Waals surface area contributed by atoms with Crippen LogP contribution in [0.2, 0.25) is 0 Å². The van der Waals surface area contributed by atoms with E-state index in [1.165, 1.54) is 6.07 Å². The van der Waals surface area contributed by atoms with Crippen molar-refractivity contribution in [2.24, 2.45) is 5.73 Å². The number of halogens is 1. The van der Waals surface area contributed by atoms with Crippen LogP contribution >= 0.6 is 27.7 Å². The Bertz CT molecular complexity index is 473. The summed E-state index contributed by atoms with van der Waals surface area (Å²) in [7, 11) is -3.52. The normalized spacial score (nSPS) is 11.9. The minimum absolute atomic E-state index is 0.103. The molecule has 0 aliphatic carbocycles. The van der Waals surface area contributed by atoms with E-state index < -0.39 is 10.0 Å². The van der Waals surface area contributed by atoms with E-state index in [2.05, 4.69) is 27.6 Å². The second kappa shape index (κ2) is 7.54. The minimum Gasteiger partial charge on any atom is -0.452 e. The quantitative estimate of drug-likeness (QED) is 0.695. The van der Waals surface area contributed by atoms with Crippen molar-refractivity contribution in [1.29, 1.82) is 0 Å². The van der Waals surface area contributed by atoms with E-state index >= 15 is 0 Å². The molecule has 0 aliphatic rings. The zero-order chi connectivity index (χ0) is 13.6. The predicted octanol–water partition coefficient (Wildman–Crippen LogP) is 1.92. The first-order valence-electron chi connectivity index (χ1n) is 5.57. The molecular weight excluding hydrogens is 340 g/mol. The van der Waals surface area contributed by atoms with Crippen molar-refractivity contribution in [3.8, 4) is 0 Å². The van der Waals surface area contributed by atoms with Gasteiger partial charge in [-0.1, -0.05) is 6.92 Å². The molecule has 0 spiro atoms. The third kappa shape index (κ3) is 4.58. The zero-order valence-corrected chi connectivity index (χ0v) is 13.3. The number of rotatable bonds is 8.